The molecule has 56 valence electrons. The Morgan fingerprint density at radius 1 is 1.40 bits per heavy atom. The fourth-order valence-corrected chi connectivity index (χ4v) is 0.588. The molecule has 0 bridgehead atoms. The molecular weight excluding hydrogens is 124 g/mol. The van der Waals surface area contributed by atoms with Crippen LogP contribution in [-0.2, 0) is 0 Å². The van der Waals surface area contributed by atoms with Crippen molar-refractivity contribution in [3.8, 4) is 0 Å². The first-order valence-corrected chi connectivity index (χ1v) is 3.25. The third-order valence-electron chi connectivity index (χ3n) is 0.883. The van der Waals surface area contributed by atoms with Gasteiger partial charge >= 0.3 is 0 Å². The molecule has 0 fully saturated rings. The van der Waals surface area contributed by atoms with Crippen molar-refractivity contribution in [2.75, 3.05) is 0 Å². The van der Waals surface area contributed by atoms with Gasteiger partial charge in [-0.25, -0.2) is 0 Å². The van der Waals surface area contributed by atoms with Gasteiger partial charge in [-0.1, -0.05) is 0 Å². The summed E-state index contributed by atoms with van der Waals surface area (Å²) in [5, 5.41) is 0. The zero-order chi connectivity index (χ0) is 7.98. The lowest BCUT2D eigenvalue weighted by Gasteiger charge is -1.89. The first-order chi connectivity index (χ1) is 4.66. The lowest BCUT2D eigenvalue weighted by atomic mass is 10.3. The van der Waals surface area contributed by atoms with Crippen LogP contribution < -0.4 is 5.73 Å². The summed E-state index contributed by atoms with van der Waals surface area (Å²) in [7, 11) is 0. The van der Waals surface area contributed by atoms with E-state index in [1.54, 1.807) is 12.4 Å². The van der Waals surface area contributed by atoms with Crippen molar-refractivity contribution in [1.82, 2.24) is 0 Å². The van der Waals surface area contributed by atoms with Crippen molar-refractivity contribution in [3.05, 3.63) is 23.5 Å². The third kappa shape index (κ3) is 5.09. The van der Waals surface area contributed by atoms with Gasteiger partial charge in [0.2, 0.25) is 0 Å². The fraction of sp³-hybridized carbons (Fsp3) is 0.375. The molecule has 0 amide bonds. The van der Waals surface area contributed by atoms with Crippen LogP contribution in [-0.4, -0.2) is 6.21 Å². The molecule has 0 heterocycles. The Balaban J connectivity index is 4.08. The van der Waals surface area contributed by atoms with Gasteiger partial charge < -0.3 is 5.73 Å². The van der Waals surface area contributed by atoms with E-state index in [1.165, 1.54) is 0 Å². The lowest BCUT2D eigenvalue weighted by molar-refractivity contribution is 1.28. The smallest absolute Gasteiger partial charge is 0.0293 e. The predicted octanol–water partition coefficient (Wildman–Crippen LogP) is 1.84. The Bertz CT molecular complexity index is 172. The number of hydrogen-bond acceptors (Lipinski definition) is 2. The highest BCUT2D eigenvalue weighted by molar-refractivity contribution is 5.54. The second-order valence-electron chi connectivity index (χ2n) is 2.17. The summed E-state index contributed by atoms with van der Waals surface area (Å²) in [5.41, 5.74) is 7.31. The molecule has 0 aromatic rings. The number of nitrogens with zero attached hydrogens (tertiary/aromatic N) is 1. The SMILES string of the molecule is CC=N/C=C(C)\C=C(\C)N. The minimum absolute atomic E-state index is 0.806. The van der Waals surface area contributed by atoms with Gasteiger partial charge in [-0.15, -0.1) is 0 Å². The molecule has 0 aliphatic rings. The Kier molecular flexibility index (Phi) is 4.29. The second-order valence-corrected chi connectivity index (χ2v) is 2.17. The van der Waals surface area contributed by atoms with E-state index in [2.05, 4.69) is 4.99 Å². The van der Waals surface area contributed by atoms with E-state index in [0.29, 0.717) is 0 Å². The number of rotatable bonds is 2. The van der Waals surface area contributed by atoms with Gasteiger partial charge in [-0.2, -0.15) is 0 Å². The molecule has 0 saturated carbocycles. The molecular formula is C8H14N2. The van der Waals surface area contributed by atoms with Gasteiger partial charge in [0.05, 0.1) is 0 Å². The van der Waals surface area contributed by atoms with Gasteiger partial charge in [0, 0.05) is 18.1 Å². The van der Waals surface area contributed by atoms with Gasteiger partial charge in [0.15, 0.2) is 0 Å². The zero-order valence-corrected chi connectivity index (χ0v) is 6.76. The van der Waals surface area contributed by atoms with Crippen LogP contribution >= 0.6 is 0 Å². The van der Waals surface area contributed by atoms with Crippen molar-refractivity contribution in [3.63, 3.8) is 0 Å². The summed E-state index contributed by atoms with van der Waals surface area (Å²) >= 11 is 0. The Hall–Kier alpha value is -1.05. The molecule has 0 spiro atoms. The quantitative estimate of drug-likeness (QED) is 0.459. The van der Waals surface area contributed by atoms with E-state index in [0.717, 1.165) is 11.3 Å². The summed E-state index contributed by atoms with van der Waals surface area (Å²) in [4.78, 5) is 3.94. The summed E-state index contributed by atoms with van der Waals surface area (Å²) in [5.74, 6) is 0. The van der Waals surface area contributed by atoms with Crippen molar-refractivity contribution in [1.29, 1.82) is 0 Å². The molecule has 0 saturated heterocycles. The standard InChI is InChI=1S/C8H14N2/c1-4-10-6-7(2)5-8(3)9/h4-6H,9H2,1-3H3/b7-6-,8-5-,10-4?. The number of allylic oxidation sites excluding steroid dienone is 3. The first-order valence-electron chi connectivity index (χ1n) is 3.25. The topological polar surface area (TPSA) is 38.4 Å². The molecule has 10 heavy (non-hydrogen) atoms. The monoisotopic (exact) mass is 138 g/mol. The van der Waals surface area contributed by atoms with E-state index in [4.69, 9.17) is 5.73 Å². The van der Waals surface area contributed by atoms with Gasteiger partial charge in [0.1, 0.15) is 0 Å². The van der Waals surface area contributed by atoms with Crippen molar-refractivity contribution < 1.29 is 0 Å². The molecule has 2 heteroatoms. The average Bonchev–Trinajstić information content (AvgIpc) is 1.82. The molecule has 0 rings (SSSR count). The molecule has 0 aromatic heterocycles. The van der Waals surface area contributed by atoms with Crippen LogP contribution in [0.4, 0.5) is 0 Å². The normalized spacial score (nSPS) is 14.7. The van der Waals surface area contributed by atoms with E-state index in [9.17, 15) is 0 Å². The molecule has 0 radical (unpaired) electrons. The number of hydrogen-bond donors (Lipinski definition) is 1. The molecule has 0 atom stereocenters. The first kappa shape index (κ1) is 8.95. The van der Waals surface area contributed by atoms with Crippen LogP contribution in [0.3, 0.4) is 0 Å². The van der Waals surface area contributed by atoms with Crippen LogP contribution in [0.15, 0.2) is 28.5 Å². The highest BCUT2D eigenvalue weighted by Crippen LogP contribution is 1.96. The van der Waals surface area contributed by atoms with Crippen LogP contribution in [0.5, 0.6) is 0 Å². The lowest BCUT2D eigenvalue weighted by Crippen LogP contribution is -1.89. The van der Waals surface area contributed by atoms with Crippen LogP contribution in [0, 0.1) is 0 Å². The van der Waals surface area contributed by atoms with E-state index in [-0.39, 0.29) is 0 Å². The Morgan fingerprint density at radius 2 is 2.00 bits per heavy atom. The second kappa shape index (κ2) is 4.79. The van der Waals surface area contributed by atoms with E-state index >= 15 is 0 Å². The van der Waals surface area contributed by atoms with Gasteiger partial charge in [-0.3, -0.25) is 4.99 Å². The third-order valence-corrected chi connectivity index (χ3v) is 0.883. The highest BCUT2D eigenvalue weighted by atomic mass is 14.7. The summed E-state index contributed by atoms with van der Waals surface area (Å²) in [6.07, 6.45) is 5.40. The van der Waals surface area contributed by atoms with Crippen LogP contribution in [0.2, 0.25) is 0 Å². The molecule has 0 aromatic carbocycles. The number of nitrogens with two attached hydrogens (primary N) is 1. The van der Waals surface area contributed by atoms with Crippen molar-refractivity contribution >= 4 is 6.21 Å². The molecule has 0 aliphatic heterocycles. The summed E-state index contributed by atoms with van der Waals surface area (Å²) in [6.45, 7) is 5.69. The maximum absolute atomic E-state index is 5.43. The van der Waals surface area contributed by atoms with Crippen LogP contribution in [0.1, 0.15) is 20.8 Å². The van der Waals surface area contributed by atoms with Crippen molar-refractivity contribution in [2.45, 2.75) is 20.8 Å². The minimum atomic E-state index is 0.806. The molecule has 0 unspecified atom stereocenters. The average molecular weight is 138 g/mol. The fourth-order valence-electron chi connectivity index (χ4n) is 0.588. The highest BCUT2D eigenvalue weighted by Gasteiger charge is 1.80. The summed E-state index contributed by atoms with van der Waals surface area (Å²) in [6, 6.07) is 0. The molecule has 0 aliphatic carbocycles. The Morgan fingerprint density at radius 3 is 2.40 bits per heavy atom. The maximum atomic E-state index is 5.43. The zero-order valence-electron chi connectivity index (χ0n) is 6.76. The maximum Gasteiger partial charge on any atom is 0.0293 e. The van der Waals surface area contributed by atoms with Crippen molar-refractivity contribution in [2.24, 2.45) is 10.7 Å². The molecule has 2 N–H and O–H groups in total. The summed E-state index contributed by atoms with van der Waals surface area (Å²) < 4.78 is 0. The largest absolute Gasteiger partial charge is 0.402 e. The van der Waals surface area contributed by atoms with E-state index < -0.39 is 0 Å². The van der Waals surface area contributed by atoms with Gasteiger partial charge in [-0.05, 0) is 32.4 Å². The van der Waals surface area contributed by atoms with Gasteiger partial charge in [0.25, 0.3) is 0 Å². The minimum Gasteiger partial charge on any atom is -0.402 e. The van der Waals surface area contributed by atoms with Crippen LogP contribution in [0.25, 0.3) is 0 Å². The van der Waals surface area contributed by atoms with E-state index in [1.807, 2.05) is 26.8 Å². The number of aliphatic imine (C=N–C) groups is 1. The Labute approximate surface area is 62.1 Å². The molecule has 2 nitrogen and oxygen atoms in total. The predicted molar refractivity (Wildman–Crippen MR) is 45.9 cm³/mol.